The van der Waals surface area contributed by atoms with Crippen LogP contribution in [0.15, 0.2) is 10.5 Å². The molecular weight excluding hydrogens is 307 g/mol. The van der Waals surface area contributed by atoms with Crippen LogP contribution in [0, 0.1) is 26.6 Å². The molecule has 0 bridgehead atoms. The number of halogens is 2. The average molecular weight is 325 g/mol. The molecule has 1 aromatic carbocycles. The van der Waals surface area contributed by atoms with Crippen LogP contribution in [0.1, 0.15) is 30.2 Å². The Morgan fingerprint density at radius 2 is 2.00 bits per heavy atom. The Labute approximate surface area is 121 Å². The molecule has 0 spiro atoms. The molecule has 0 aliphatic rings. The van der Waals surface area contributed by atoms with E-state index in [2.05, 4.69) is 33.2 Å². The van der Waals surface area contributed by atoms with Gasteiger partial charge in [0.25, 0.3) is 0 Å². The number of nitrogens with one attached hydrogen (secondary N) is 1. The van der Waals surface area contributed by atoms with Gasteiger partial charge in [-0.25, -0.2) is 4.39 Å². The third-order valence-electron chi connectivity index (χ3n) is 3.38. The summed E-state index contributed by atoms with van der Waals surface area (Å²) < 4.78 is 14.4. The predicted molar refractivity (Wildman–Crippen MR) is 82.4 cm³/mol. The van der Waals surface area contributed by atoms with E-state index in [1.165, 1.54) is 6.07 Å². The molecule has 4 heteroatoms. The summed E-state index contributed by atoms with van der Waals surface area (Å²) in [7, 11) is 0. The maximum Gasteiger partial charge on any atom is 0.138 e. The van der Waals surface area contributed by atoms with Crippen molar-refractivity contribution in [2.75, 3.05) is 11.9 Å². The number of rotatable bonds is 3. The molecule has 0 saturated heterocycles. The first-order chi connectivity index (χ1) is 8.97. The van der Waals surface area contributed by atoms with Gasteiger partial charge in [-0.1, -0.05) is 6.92 Å². The van der Waals surface area contributed by atoms with Gasteiger partial charge in [-0.3, -0.25) is 4.98 Å². The van der Waals surface area contributed by atoms with E-state index in [9.17, 15) is 4.39 Å². The van der Waals surface area contributed by atoms with Crippen molar-refractivity contribution >= 4 is 32.5 Å². The SMILES string of the molecule is CCCNc1c(C)c(C)nc2c(C)cc(F)c(Br)c12. The molecule has 0 radical (unpaired) electrons. The monoisotopic (exact) mass is 324 g/mol. The van der Waals surface area contributed by atoms with Crippen molar-refractivity contribution in [3.8, 4) is 0 Å². The molecule has 0 fully saturated rings. The summed E-state index contributed by atoms with van der Waals surface area (Å²) in [6.07, 6.45) is 1.02. The minimum absolute atomic E-state index is 0.241. The van der Waals surface area contributed by atoms with E-state index in [0.29, 0.717) is 4.47 Å². The minimum atomic E-state index is -0.241. The summed E-state index contributed by atoms with van der Waals surface area (Å²) in [5.41, 5.74) is 4.76. The van der Waals surface area contributed by atoms with Crippen LogP contribution in [-0.2, 0) is 0 Å². The second-order valence-corrected chi connectivity index (χ2v) is 5.63. The first kappa shape index (κ1) is 14.3. The normalized spacial score (nSPS) is 11.1. The highest BCUT2D eigenvalue weighted by molar-refractivity contribution is 9.10. The van der Waals surface area contributed by atoms with Crippen LogP contribution in [0.25, 0.3) is 10.9 Å². The van der Waals surface area contributed by atoms with Crippen LogP contribution in [0.3, 0.4) is 0 Å². The lowest BCUT2D eigenvalue weighted by atomic mass is 10.0. The smallest absolute Gasteiger partial charge is 0.138 e. The summed E-state index contributed by atoms with van der Waals surface area (Å²) in [5.74, 6) is -0.241. The van der Waals surface area contributed by atoms with Gasteiger partial charge >= 0.3 is 0 Å². The maximum atomic E-state index is 13.9. The van der Waals surface area contributed by atoms with Gasteiger partial charge < -0.3 is 5.32 Å². The topological polar surface area (TPSA) is 24.9 Å². The molecule has 1 heterocycles. The van der Waals surface area contributed by atoms with Crippen molar-refractivity contribution in [2.24, 2.45) is 0 Å². The Bertz CT molecular complexity index is 638. The van der Waals surface area contributed by atoms with Crippen molar-refractivity contribution in [1.82, 2.24) is 4.98 Å². The largest absolute Gasteiger partial charge is 0.384 e. The standard InChI is InChI=1S/C15H18BrFN2/c1-5-6-18-15-9(3)10(4)19-14-8(2)7-11(17)13(16)12(14)15/h7H,5-6H2,1-4H3,(H,18,19). The molecule has 2 rings (SSSR count). The summed E-state index contributed by atoms with van der Waals surface area (Å²) in [5, 5.41) is 4.25. The first-order valence-corrected chi connectivity index (χ1v) is 7.26. The van der Waals surface area contributed by atoms with Gasteiger partial charge in [0, 0.05) is 23.3 Å². The predicted octanol–water partition coefficient (Wildman–Crippen LogP) is 4.88. The fraction of sp³-hybridized carbons (Fsp3) is 0.400. The van der Waals surface area contributed by atoms with E-state index in [4.69, 9.17) is 0 Å². The zero-order valence-corrected chi connectivity index (χ0v) is 13.3. The van der Waals surface area contributed by atoms with Gasteiger partial charge in [-0.2, -0.15) is 0 Å². The molecule has 2 aromatic rings. The fourth-order valence-corrected chi connectivity index (χ4v) is 2.71. The summed E-state index contributed by atoms with van der Waals surface area (Å²) in [6.45, 7) is 8.87. The highest BCUT2D eigenvalue weighted by atomic mass is 79.9. The minimum Gasteiger partial charge on any atom is -0.384 e. The van der Waals surface area contributed by atoms with Gasteiger partial charge in [0.15, 0.2) is 0 Å². The number of nitrogens with zero attached hydrogens (tertiary/aromatic N) is 1. The van der Waals surface area contributed by atoms with Crippen molar-refractivity contribution < 1.29 is 4.39 Å². The number of aryl methyl sites for hydroxylation is 2. The summed E-state index contributed by atoms with van der Waals surface area (Å²) in [4.78, 5) is 4.61. The van der Waals surface area contributed by atoms with Crippen LogP contribution in [0.2, 0.25) is 0 Å². The number of aromatic nitrogens is 1. The van der Waals surface area contributed by atoms with Gasteiger partial charge in [0.05, 0.1) is 9.99 Å². The molecule has 2 nitrogen and oxygen atoms in total. The molecule has 0 unspecified atom stereocenters. The van der Waals surface area contributed by atoms with E-state index in [1.807, 2.05) is 20.8 Å². The van der Waals surface area contributed by atoms with E-state index in [1.54, 1.807) is 0 Å². The Hall–Kier alpha value is -1.16. The lowest BCUT2D eigenvalue weighted by Gasteiger charge is -2.17. The molecule has 0 atom stereocenters. The number of fused-ring (bicyclic) bond motifs is 1. The molecule has 102 valence electrons. The lowest BCUT2D eigenvalue weighted by Crippen LogP contribution is -2.06. The third-order valence-corrected chi connectivity index (χ3v) is 4.16. The highest BCUT2D eigenvalue weighted by Gasteiger charge is 2.16. The van der Waals surface area contributed by atoms with Crippen LogP contribution < -0.4 is 5.32 Å². The highest BCUT2D eigenvalue weighted by Crippen LogP contribution is 2.36. The van der Waals surface area contributed by atoms with E-state index in [-0.39, 0.29) is 5.82 Å². The first-order valence-electron chi connectivity index (χ1n) is 6.46. The third kappa shape index (κ3) is 2.46. The number of pyridine rings is 1. The van der Waals surface area contributed by atoms with Crippen molar-refractivity contribution in [2.45, 2.75) is 34.1 Å². The molecule has 0 aliphatic heterocycles. The average Bonchev–Trinajstić information content (AvgIpc) is 2.37. The molecule has 1 aromatic heterocycles. The van der Waals surface area contributed by atoms with Crippen LogP contribution >= 0.6 is 15.9 Å². The second-order valence-electron chi connectivity index (χ2n) is 4.84. The number of hydrogen-bond donors (Lipinski definition) is 1. The lowest BCUT2D eigenvalue weighted by molar-refractivity contribution is 0.622. The molecule has 19 heavy (non-hydrogen) atoms. The second kappa shape index (κ2) is 5.45. The van der Waals surface area contributed by atoms with Crippen LogP contribution in [0.4, 0.5) is 10.1 Å². The molecule has 0 saturated carbocycles. The molecule has 0 aliphatic carbocycles. The summed E-state index contributed by atoms with van der Waals surface area (Å²) in [6, 6.07) is 1.53. The van der Waals surface area contributed by atoms with Gasteiger partial charge in [-0.15, -0.1) is 0 Å². The van der Waals surface area contributed by atoms with E-state index >= 15 is 0 Å². The quantitative estimate of drug-likeness (QED) is 0.870. The van der Waals surface area contributed by atoms with Gasteiger partial charge in [-0.05, 0) is 60.3 Å². The Balaban J connectivity index is 2.85. The fourth-order valence-electron chi connectivity index (χ4n) is 2.21. The van der Waals surface area contributed by atoms with Gasteiger partial charge in [0.1, 0.15) is 5.82 Å². The van der Waals surface area contributed by atoms with E-state index in [0.717, 1.165) is 46.4 Å². The van der Waals surface area contributed by atoms with Gasteiger partial charge in [0.2, 0.25) is 0 Å². The Morgan fingerprint density at radius 1 is 1.32 bits per heavy atom. The van der Waals surface area contributed by atoms with Crippen molar-refractivity contribution in [1.29, 1.82) is 0 Å². The number of benzene rings is 1. The van der Waals surface area contributed by atoms with Crippen LogP contribution in [0.5, 0.6) is 0 Å². The zero-order chi connectivity index (χ0) is 14.2. The number of hydrogen-bond acceptors (Lipinski definition) is 2. The van der Waals surface area contributed by atoms with Crippen molar-refractivity contribution in [3.05, 3.63) is 33.2 Å². The van der Waals surface area contributed by atoms with Crippen LogP contribution in [-0.4, -0.2) is 11.5 Å². The van der Waals surface area contributed by atoms with E-state index < -0.39 is 0 Å². The van der Waals surface area contributed by atoms with Crippen molar-refractivity contribution in [3.63, 3.8) is 0 Å². The maximum absolute atomic E-state index is 13.9. The molecular formula is C15H18BrFN2. The molecule has 0 amide bonds. The molecule has 1 N–H and O–H groups in total. The Morgan fingerprint density at radius 3 is 2.63 bits per heavy atom. The zero-order valence-electron chi connectivity index (χ0n) is 11.7. The number of anilines is 1. The Kier molecular flexibility index (Phi) is 4.09. The summed E-state index contributed by atoms with van der Waals surface area (Å²) >= 11 is 3.36.